The second-order valence-electron chi connectivity index (χ2n) is 7.83. The van der Waals surface area contributed by atoms with Crippen LogP contribution in [0.15, 0.2) is 0 Å². The molecule has 1 saturated heterocycles. The van der Waals surface area contributed by atoms with Gasteiger partial charge in [-0.25, -0.2) is 0 Å². The van der Waals surface area contributed by atoms with Gasteiger partial charge < -0.3 is 30.6 Å². The number of aliphatic hydroxyl groups excluding tert-OH is 2. The topological polar surface area (TPSA) is 186 Å². The molecule has 1 rings (SSSR count). The molecule has 0 radical (unpaired) electrons. The number of β-amino-alcohol motifs (C(OH)–C–C–N with tert-alkyl or cyclic N) is 1. The lowest BCUT2D eigenvalue weighted by atomic mass is 10.1. The summed E-state index contributed by atoms with van der Waals surface area (Å²) >= 11 is 0. The van der Waals surface area contributed by atoms with E-state index in [1.165, 1.54) is 0 Å². The van der Waals surface area contributed by atoms with E-state index in [-0.39, 0.29) is 52.4 Å². The van der Waals surface area contributed by atoms with E-state index in [2.05, 4.69) is 0 Å². The monoisotopic (exact) mass is 450 g/mol. The highest BCUT2D eigenvalue weighted by Gasteiger charge is 2.29. The highest BCUT2D eigenvalue weighted by Crippen LogP contribution is 2.08. The Kier molecular flexibility index (Phi) is 11.8. The van der Waals surface area contributed by atoms with Gasteiger partial charge >= 0.3 is 17.9 Å². The first kappa shape index (κ1) is 27.2. The molecule has 31 heavy (non-hydrogen) atoms. The molecule has 13 heteroatoms. The van der Waals surface area contributed by atoms with Crippen molar-refractivity contribution in [3.05, 3.63) is 0 Å². The fourth-order valence-corrected chi connectivity index (χ4v) is 3.35. The second-order valence-corrected chi connectivity index (χ2v) is 7.83. The number of aliphatic carboxylic acids is 3. The lowest BCUT2D eigenvalue weighted by Gasteiger charge is -2.36. The Labute approximate surface area is 180 Å². The standard InChI is InChI=1S/C18H34N4O9/c23-13-18(31,14-24)12-22-7-5-20(10-16(27)28)3-1-19(9-15(25)26)2-4-21(6-8-22)11-17(29)30/h23-24,31H,1-14H2,(H,25,26)(H,27,28)(H,29,30). The van der Waals surface area contributed by atoms with Crippen LogP contribution in [-0.2, 0) is 14.4 Å². The molecule has 1 aliphatic heterocycles. The Hall–Kier alpha value is -1.87. The molecule has 13 nitrogen and oxygen atoms in total. The molecule has 0 saturated carbocycles. The van der Waals surface area contributed by atoms with Crippen molar-refractivity contribution < 1.29 is 45.0 Å². The molecule has 0 bridgehead atoms. The van der Waals surface area contributed by atoms with Crippen LogP contribution in [0.2, 0.25) is 0 Å². The Morgan fingerprint density at radius 1 is 0.581 bits per heavy atom. The van der Waals surface area contributed by atoms with Crippen LogP contribution in [0.5, 0.6) is 0 Å². The maximum Gasteiger partial charge on any atom is 0.317 e. The van der Waals surface area contributed by atoms with E-state index in [0.29, 0.717) is 26.2 Å². The van der Waals surface area contributed by atoms with Crippen LogP contribution < -0.4 is 0 Å². The first-order valence-corrected chi connectivity index (χ1v) is 10.1. The van der Waals surface area contributed by atoms with Crippen LogP contribution in [0.4, 0.5) is 0 Å². The minimum absolute atomic E-state index is 0.0764. The van der Waals surface area contributed by atoms with Crippen molar-refractivity contribution >= 4 is 17.9 Å². The Balaban J connectivity index is 3.00. The van der Waals surface area contributed by atoms with Crippen molar-refractivity contribution in [1.82, 2.24) is 19.6 Å². The van der Waals surface area contributed by atoms with Crippen molar-refractivity contribution in [2.45, 2.75) is 5.60 Å². The molecule has 0 aromatic heterocycles. The summed E-state index contributed by atoms with van der Waals surface area (Å²) in [5.41, 5.74) is -1.75. The molecule has 0 spiro atoms. The van der Waals surface area contributed by atoms with Gasteiger partial charge in [0.1, 0.15) is 5.60 Å². The van der Waals surface area contributed by atoms with Crippen LogP contribution in [0.1, 0.15) is 0 Å². The summed E-state index contributed by atoms with van der Waals surface area (Å²) in [5, 5.41) is 56.6. The van der Waals surface area contributed by atoms with Gasteiger partial charge in [-0.3, -0.25) is 34.0 Å². The maximum absolute atomic E-state index is 11.2. The van der Waals surface area contributed by atoms with Crippen molar-refractivity contribution in [3.63, 3.8) is 0 Å². The summed E-state index contributed by atoms with van der Waals surface area (Å²) in [4.78, 5) is 40.3. The zero-order chi connectivity index (χ0) is 23.4. The SMILES string of the molecule is O=C(O)CN1CCN(CC(=O)O)CCN(CC(O)(CO)CO)CCN(CC(=O)O)CC1. The molecule has 6 N–H and O–H groups in total. The third-order valence-corrected chi connectivity index (χ3v) is 5.11. The number of hydrogen-bond acceptors (Lipinski definition) is 10. The number of nitrogens with zero attached hydrogens (tertiary/aromatic N) is 4. The van der Waals surface area contributed by atoms with Gasteiger partial charge in [0, 0.05) is 58.9 Å². The molecule has 1 fully saturated rings. The minimum atomic E-state index is -1.75. The summed E-state index contributed by atoms with van der Waals surface area (Å²) in [7, 11) is 0. The average molecular weight is 450 g/mol. The van der Waals surface area contributed by atoms with Gasteiger partial charge in [-0.15, -0.1) is 0 Å². The number of rotatable bonds is 10. The quantitative estimate of drug-likeness (QED) is 0.190. The third-order valence-electron chi connectivity index (χ3n) is 5.11. The number of aliphatic hydroxyl groups is 3. The number of carbonyl (C=O) groups is 3. The summed E-state index contributed by atoms with van der Waals surface area (Å²) in [5.74, 6) is -3.09. The number of hydrogen-bond donors (Lipinski definition) is 6. The maximum atomic E-state index is 11.2. The first-order chi connectivity index (χ1) is 14.6. The van der Waals surface area contributed by atoms with Gasteiger partial charge in [0.15, 0.2) is 0 Å². The number of carboxylic acids is 3. The van der Waals surface area contributed by atoms with Crippen LogP contribution in [0, 0.1) is 0 Å². The van der Waals surface area contributed by atoms with Crippen LogP contribution >= 0.6 is 0 Å². The van der Waals surface area contributed by atoms with Gasteiger partial charge in [0.25, 0.3) is 0 Å². The van der Waals surface area contributed by atoms with E-state index in [1.54, 1.807) is 19.6 Å². The molecule has 0 amide bonds. The lowest BCUT2D eigenvalue weighted by molar-refractivity contribution is -0.140. The Morgan fingerprint density at radius 2 is 0.839 bits per heavy atom. The molecular formula is C18H34N4O9. The number of carboxylic acid groups (broad SMARTS) is 3. The fourth-order valence-electron chi connectivity index (χ4n) is 3.35. The fraction of sp³-hybridized carbons (Fsp3) is 0.833. The van der Waals surface area contributed by atoms with Crippen molar-refractivity contribution in [3.8, 4) is 0 Å². The average Bonchev–Trinajstić information content (AvgIpc) is 2.68. The zero-order valence-electron chi connectivity index (χ0n) is 17.6. The Bertz CT molecular complexity index is 556. The molecule has 0 aliphatic carbocycles. The summed E-state index contributed by atoms with van der Waals surface area (Å²) in [6.07, 6.45) is 0. The molecule has 0 aromatic carbocycles. The molecule has 1 aliphatic rings. The van der Waals surface area contributed by atoms with E-state index in [1.807, 2.05) is 0 Å². The summed E-state index contributed by atoms with van der Waals surface area (Å²) < 4.78 is 0. The van der Waals surface area contributed by atoms with Gasteiger partial charge in [0.2, 0.25) is 0 Å². The predicted molar refractivity (Wildman–Crippen MR) is 108 cm³/mol. The second kappa shape index (κ2) is 13.5. The van der Waals surface area contributed by atoms with Crippen LogP contribution in [0.3, 0.4) is 0 Å². The van der Waals surface area contributed by atoms with Crippen LogP contribution in [0.25, 0.3) is 0 Å². The highest BCUT2D eigenvalue weighted by molar-refractivity contribution is 5.69. The van der Waals surface area contributed by atoms with Crippen molar-refractivity contribution in [2.75, 3.05) is 91.8 Å². The van der Waals surface area contributed by atoms with E-state index >= 15 is 0 Å². The molecule has 0 atom stereocenters. The van der Waals surface area contributed by atoms with E-state index in [9.17, 15) is 39.9 Å². The molecule has 1 heterocycles. The predicted octanol–water partition coefficient (Wildman–Crippen LogP) is -3.82. The zero-order valence-corrected chi connectivity index (χ0v) is 17.6. The Morgan fingerprint density at radius 3 is 1.06 bits per heavy atom. The summed E-state index contributed by atoms with van der Waals surface area (Å²) in [6, 6.07) is 0. The molecule has 0 unspecified atom stereocenters. The van der Waals surface area contributed by atoms with Gasteiger partial charge in [0.05, 0.1) is 32.8 Å². The minimum Gasteiger partial charge on any atom is -0.480 e. The summed E-state index contributed by atoms with van der Waals surface area (Å²) in [6.45, 7) is 0.199. The van der Waals surface area contributed by atoms with E-state index < -0.39 is 36.7 Å². The molecule has 180 valence electrons. The third kappa shape index (κ3) is 11.4. The largest absolute Gasteiger partial charge is 0.480 e. The highest BCUT2D eigenvalue weighted by atomic mass is 16.4. The van der Waals surface area contributed by atoms with E-state index in [0.717, 1.165) is 0 Å². The first-order valence-electron chi connectivity index (χ1n) is 10.1. The van der Waals surface area contributed by atoms with Gasteiger partial charge in [-0.1, -0.05) is 0 Å². The van der Waals surface area contributed by atoms with Crippen molar-refractivity contribution in [1.29, 1.82) is 0 Å². The van der Waals surface area contributed by atoms with E-state index in [4.69, 9.17) is 5.11 Å². The molecule has 0 aromatic rings. The van der Waals surface area contributed by atoms with Gasteiger partial charge in [-0.2, -0.15) is 0 Å². The lowest BCUT2D eigenvalue weighted by Crippen LogP contribution is -2.53. The molecular weight excluding hydrogens is 416 g/mol. The van der Waals surface area contributed by atoms with Crippen molar-refractivity contribution in [2.24, 2.45) is 0 Å². The smallest absolute Gasteiger partial charge is 0.317 e. The van der Waals surface area contributed by atoms with Gasteiger partial charge in [-0.05, 0) is 0 Å². The van der Waals surface area contributed by atoms with Crippen LogP contribution in [-0.4, -0.2) is 165 Å². The normalized spacial score (nSPS) is 19.5.